The third-order valence-corrected chi connectivity index (χ3v) is 2.23. The molecular formula is C10H15NO4. The van der Waals surface area contributed by atoms with Gasteiger partial charge in [-0.3, -0.25) is 10.1 Å². The molecule has 0 aliphatic carbocycles. The number of hydrogen-bond acceptors (Lipinski definition) is 4. The highest BCUT2D eigenvalue weighted by Crippen LogP contribution is 2.07. The Labute approximate surface area is 88.1 Å². The molecule has 0 aromatic rings. The summed E-state index contributed by atoms with van der Waals surface area (Å²) in [5.41, 5.74) is 0. The van der Waals surface area contributed by atoms with Crippen LogP contribution >= 0.6 is 0 Å². The first-order valence-corrected chi connectivity index (χ1v) is 5.01. The van der Waals surface area contributed by atoms with Gasteiger partial charge >= 0.3 is 11.9 Å². The lowest BCUT2D eigenvalue weighted by molar-refractivity contribution is -0.141. The summed E-state index contributed by atoms with van der Waals surface area (Å²) in [6, 6.07) is -1.31. The first-order valence-electron chi connectivity index (χ1n) is 5.01. The van der Waals surface area contributed by atoms with Crippen molar-refractivity contribution in [2.24, 2.45) is 0 Å². The van der Waals surface area contributed by atoms with Crippen LogP contribution in [-0.4, -0.2) is 29.1 Å². The highest BCUT2D eigenvalue weighted by Gasteiger charge is 2.27. The first kappa shape index (κ1) is 11.7. The molecule has 0 saturated carbocycles. The van der Waals surface area contributed by atoms with Crippen LogP contribution in [0.15, 0.2) is 12.3 Å². The topological polar surface area (TPSA) is 75.6 Å². The minimum absolute atomic E-state index is 0.447. The van der Waals surface area contributed by atoms with Gasteiger partial charge in [0.15, 0.2) is 0 Å². The van der Waals surface area contributed by atoms with Gasteiger partial charge in [-0.05, 0) is 12.5 Å². The second kappa shape index (κ2) is 5.50. The summed E-state index contributed by atoms with van der Waals surface area (Å²) >= 11 is 0. The Kier molecular flexibility index (Phi) is 4.30. The number of cyclic esters (lactones) is 1. The van der Waals surface area contributed by atoms with Gasteiger partial charge in [-0.2, -0.15) is 0 Å². The Balaban J connectivity index is 2.46. The third kappa shape index (κ3) is 3.36. The molecule has 0 aromatic heterocycles. The summed E-state index contributed by atoms with van der Waals surface area (Å²) < 4.78 is 4.58. The molecule has 5 heteroatoms. The number of carboxylic acid groups (broad SMARTS) is 1. The number of carboxylic acids is 1. The van der Waals surface area contributed by atoms with E-state index >= 15 is 0 Å². The molecule has 1 rings (SSSR count). The van der Waals surface area contributed by atoms with Crippen LogP contribution in [0.2, 0.25) is 0 Å². The van der Waals surface area contributed by atoms with Gasteiger partial charge in [0, 0.05) is 0 Å². The SMILES string of the molecule is CCCCC(NC1C=COC1=O)C(=O)O. The van der Waals surface area contributed by atoms with Crippen LogP contribution in [0.25, 0.3) is 0 Å². The number of aliphatic carboxylic acids is 1. The van der Waals surface area contributed by atoms with Crippen LogP contribution in [-0.2, 0) is 14.3 Å². The Hall–Kier alpha value is -1.36. The van der Waals surface area contributed by atoms with Gasteiger partial charge in [0.2, 0.25) is 0 Å². The van der Waals surface area contributed by atoms with E-state index in [0.29, 0.717) is 6.42 Å². The zero-order valence-corrected chi connectivity index (χ0v) is 8.60. The molecule has 15 heavy (non-hydrogen) atoms. The molecule has 1 aliphatic rings. The van der Waals surface area contributed by atoms with Crippen molar-refractivity contribution in [2.75, 3.05) is 0 Å². The van der Waals surface area contributed by atoms with E-state index in [1.165, 1.54) is 12.3 Å². The standard InChI is InChI=1S/C10H15NO4/c1-2-3-4-7(9(12)13)11-8-5-6-15-10(8)14/h5-8,11H,2-4H2,1H3,(H,12,13). The number of carbonyl (C=O) groups excluding carboxylic acids is 1. The summed E-state index contributed by atoms with van der Waals surface area (Å²) in [5, 5.41) is 11.6. The fourth-order valence-corrected chi connectivity index (χ4v) is 1.36. The molecule has 2 N–H and O–H groups in total. The quantitative estimate of drug-likeness (QED) is 0.634. The lowest BCUT2D eigenvalue weighted by Crippen LogP contribution is -2.45. The molecule has 0 amide bonds. The molecule has 0 aromatic carbocycles. The zero-order valence-electron chi connectivity index (χ0n) is 8.60. The van der Waals surface area contributed by atoms with Crippen molar-refractivity contribution in [3.63, 3.8) is 0 Å². The Morgan fingerprint density at radius 1 is 1.73 bits per heavy atom. The van der Waals surface area contributed by atoms with Crippen LogP contribution < -0.4 is 5.32 Å². The minimum atomic E-state index is -0.934. The molecule has 1 aliphatic heterocycles. The normalized spacial score (nSPS) is 21.4. The smallest absolute Gasteiger partial charge is 0.332 e. The molecule has 0 spiro atoms. The van der Waals surface area contributed by atoms with Crippen molar-refractivity contribution in [1.82, 2.24) is 5.32 Å². The Morgan fingerprint density at radius 2 is 2.47 bits per heavy atom. The van der Waals surface area contributed by atoms with E-state index < -0.39 is 24.0 Å². The van der Waals surface area contributed by atoms with Gasteiger partial charge in [0.25, 0.3) is 0 Å². The second-order valence-electron chi connectivity index (χ2n) is 3.44. The van der Waals surface area contributed by atoms with Crippen molar-refractivity contribution in [1.29, 1.82) is 0 Å². The first-order chi connectivity index (χ1) is 7.15. The second-order valence-corrected chi connectivity index (χ2v) is 3.44. The van der Waals surface area contributed by atoms with Crippen molar-refractivity contribution in [2.45, 2.75) is 38.3 Å². The van der Waals surface area contributed by atoms with Gasteiger partial charge in [0.05, 0.1) is 6.26 Å². The largest absolute Gasteiger partial charge is 0.480 e. The molecule has 0 fully saturated rings. The number of rotatable bonds is 6. The summed E-state index contributed by atoms with van der Waals surface area (Å²) in [6.07, 6.45) is 5.05. The highest BCUT2D eigenvalue weighted by molar-refractivity contribution is 5.82. The molecule has 2 atom stereocenters. The van der Waals surface area contributed by atoms with Gasteiger partial charge < -0.3 is 9.84 Å². The average molecular weight is 213 g/mol. The maximum absolute atomic E-state index is 11.1. The van der Waals surface area contributed by atoms with E-state index in [-0.39, 0.29) is 0 Å². The summed E-state index contributed by atoms with van der Waals surface area (Å²) in [7, 11) is 0. The average Bonchev–Trinajstić information content (AvgIpc) is 2.58. The molecule has 0 bridgehead atoms. The number of hydrogen-bond donors (Lipinski definition) is 2. The maximum atomic E-state index is 11.1. The van der Waals surface area contributed by atoms with E-state index in [4.69, 9.17) is 5.11 Å². The molecule has 2 unspecified atom stereocenters. The van der Waals surface area contributed by atoms with Crippen LogP contribution in [0.4, 0.5) is 0 Å². The van der Waals surface area contributed by atoms with Crippen LogP contribution in [0.3, 0.4) is 0 Å². The van der Waals surface area contributed by atoms with Crippen molar-refractivity contribution >= 4 is 11.9 Å². The van der Waals surface area contributed by atoms with Crippen molar-refractivity contribution < 1.29 is 19.4 Å². The lowest BCUT2D eigenvalue weighted by atomic mass is 10.1. The molecule has 1 heterocycles. The van der Waals surface area contributed by atoms with Gasteiger partial charge in [0.1, 0.15) is 12.1 Å². The zero-order chi connectivity index (χ0) is 11.3. The summed E-state index contributed by atoms with van der Waals surface area (Å²) in [4.78, 5) is 21.9. The van der Waals surface area contributed by atoms with Crippen LogP contribution in [0.5, 0.6) is 0 Å². The monoisotopic (exact) mass is 213 g/mol. The van der Waals surface area contributed by atoms with Gasteiger partial charge in [-0.1, -0.05) is 19.8 Å². The van der Waals surface area contributed by atoms with Crippen LogP contribution in [0.1, 0.15) is 26.2 Å². The lowest BCUT2D eigenvalue weighted by Gasteiger charge is -2.16. The van der Waals surface area contributed by atoms with E-state index in [1.807, 2.05) is 6.92 Å². The van der Waals surface area contributed by atoms with Gasteiger partial charge in [-0.25, -0.2) is 4.79 Å². The van der Waals surface area contributed by atoms with E-state index in [0.717, 1.165) is 12.8 Å². The van der Waals surface area contributed by atoms with E-state index in [2.05, 4.69) is 10.1 Å². The predicted molar refractivity (Wildman–Crippen MR) is 53.1 cm³/mol. The van der Waals surface area contributed by atoms with E-state index in [1.54, 1.807) is 0 Å². The van der Waals surface area contributed by atoms with Crippen molar-refractivity contribution in [3.05, 3.63) is 12.3 Å². The summed E-state index contributed by atoms with van der Waals surface area (Å²) in [5.74, 6) is -1.38. The Bertz CT molecular complexity index is 275. The predicted octanol–water partition coefficient (Wildman–Crippen LogP) is 0.658. The van der Waals surface area contributed by atoms with Gasteiger partial charge in [-0.15, -0.1) is 0 Å². The molecule has 0 radical (unpaired) electrons. The molecule has 84 valence electrons. The number of ether oxygens (including phenoxy) is 1. The van der Waals surface area contributed by atoms with Crippen LogP contribution in [0, 0.1) is 0 Å². The highest BCUT2D eigenvalue weighted by atomic mass is 16.5. The Morgan fingerprint density at radius 3 is 2.93 bits per heavy atom. The number of unbranched alkanes of at least 4 members (excludes halogenated alkanes) is 1. The minimum Gasteiger partial charge on any atom is -0.480 e. The molecular weight excluding hydrogens is 198 g/mol. The fraction of sp³-hybridized carbons (Fsp3) is 0.600. The number of nitrogens with one attached hydrogen (secondary N) is 1. The fourth-order valence-electron chi connectivity index (χ4n) is 1.36. The van der Waals surface area contributed by atoms with E-state index in [9.17, 15) is 9.59 Å². The number of esters is 1. The maximum Gasteiger partial charge on any atom is 0.332 e. The third-order valence-electron chi connectivity index (χ3n) is 2.23. The molecule has 5 nitrogen and oxygen atoms in total. The number of carbonyl (C=O) groups is 2. The van der Waals surface area contributed by atoms with Crippen molar-refractivity contribution in [3.8, 4) is 0 Å². The molecule has 0 saturated heterocycles. The summed E-state index contributed by atoms with van der Waals surface area (Å²) in [6.45, 7) is 1.99.